The van der Waals surface area contributed by atoms with E-state index in [4.69, 9.17) is 0 Å². The SMILES string of the molecule is CNC(c1nc(C(C)C)cs1)c1ccccc1C(F)(F)F. The molecule has 2 rings (SSSR count). The van der Waals surface area contributed by atoms with E-state index in [2.05, 4.69) is 10.3 Å². The Morgan fingerprint density at radius 2 is 1.86 bits per heavy atom. The summed E-state index contributed by atoms with van der Waals surface area (Å²) in [5.74, 6) is 0.255. The largest absolute Gasteiger partial charge is 0.416 e. The van der Waals surface area contributed by atoms with Gasteiger partial charge >= 0.3 is 6.18 Å². The third-order valence-electron chi connectivity index (χ3n) is 3.24. The highest BCUT2D eigenvalue weighted by Gasteiger charge is 2.35. The lowest BCUT2D eigenvalue weighted by molar-refractivity contribution is -0.138. The molecule has 0 aliphatic heterocycles. The lowest BCUT2D eigenvalue weighted by atomic mass is 10.00. The summed E-state index contributed by atoms with van der Waals surface area (Å²) >= 11 is 1.38. The van der Waals surface area contributed by atoms with Crippen LogP contribution >= 0.6 is 11.3 Å². The Kier molecular flexibility index (Phi) is 4.68. The Bertz CT molecular complexity index is 605. The highest BCUT2D eigenvalue weighted by Crippen LogP contribution is 2.37. The van der Waals surface area contributed by atoms with Gasteiger partial charge < -0.3 is 5.32 Å². The van der Waals surface area contributed by atoms with Crippen LogP contribution in [0.1, 0.15) is 47.6 Å². The molecule has 0 saturated heterocycles. The number of nitrogens with zero attached hydrogens (tertiary/aromatic N) is 1. The lowest BCUT2D eigenvalue weighted by Gasteiger charge is -2.19. The van der Waals surface area contributed by atoms with Gasteiger partial charge in [-0.25, -0.2) is 4.98 Å². The quantitative estimate of drug-likeness (QED) is 0.892. The van der Waals surface area contributed by atoms with Crippen molar-refractivity contribution in [3.05, 3.63) is 51.5 Å². The lowest BCUT2D eigenvalue weighted by Crippen LogP contribution is -2.22. The molecule has 1 heterocycles. The summed E-state index contributed by atoms with van der Waals surface area (Å²) in [6.45, 7) is 4.02. The molecule has 0 saturated carbocycles. The molecule has 21 heavy (non-hydrogen) atoms. The predicted molar refractivity (Wildman–Crippen MR) is 78.5 cm³/mol. The molecule has 0 bridgehead atoms. The molecule has 114 valence electrons. The van der Waals surface area contributed by atoms with Crippen molar-refractivity contribution >= 4 is 11.3 Å². The van der Waals surface area contributed by atoms with Crippen LogP contribution in [0, 0.1) is 0 Å². The van der Waals surface area contributed by atoms with E-state index < -0.39 is 17.8 Å². The molecule has 0 amide bonds. The van der Waals surface area contributed by atoms with Gasteiger partial charge in [0, 0.05) is 5.38 Å². The number of thiazole rings is 1. The van der Waals surface area contributed by atoms with E-state index in [1.807, 2.05) is 19.2 Å². The predicted octanol–water partition coefficient (Wildman–Crippen LogP) is 4.59. The van der Waals surface area contributed by atoms with Crippen LogP contribution in [0.15, 0.2) is 29.6 Å². The number of hydrogen-bond acceptors (Lipinski definition) is 3. The second kappa shape index (κ2) is 6.15. The van der Waals surface area contributed by atoms with E-state index >= 15 is 0 Å². The summed E-state index contributed by atoms with van der Waals surface area (Å²) in [4.78, 5) is 4.47. The van der Waals surface area contributed by atoms with Crippen LogP contribution in [0.25, 0.3) is 0 Å². The van der Waals surface area contributed by atoms with Crippen LogP contribution in [0.4, 0.5) is 13.2 Å². The van der Waals surface area contributed by atoms with Gasteiger partial charge in [0.05, 0.1) is 17.3 Å². The van der Waals surface area contributed by atoms with Crippen molar-refractivity contribution in [2.24, 2.45) is 0 Å². The number of aromatic nitrogens is 1. The zero-order valence-corrected chi connectivity index (χ0v) is 12.8. The number of rotatable bonds is 4. The fraction of sp³-hybridized carbons (Fsp3) is 0.400. The highest BCUT2D eigenvalue weighted by molar-refractivity contribution is 7.09. The van der Waals surface area contributed by atoms with Gasteiger partial charge in [-0.05, 0) is 24.6 Å². The zero-order valence-electron chi connectivity index (χ0n) is 12.0. The summed E-state index contributed by atoms with van der Waals surface area (Å²) in [7, 11) is 1.65. The normalized spacial score (nSPS) is 13.7. The van der Waals surface area contributed by atoms with Crippen LogP contribution in [-0.4, -0.2) is 12.0 Å². The Morgan fingerprint density at radius 1 is 1.19 bits per heavy atom. The minimum absolute atomic E-state index is 0.206. The van der Waals surface area contributed by atoms with Gasteiger partial charge in [0.15, 0.2) is 0 Å². The number of halogens is 3. The molecule has 1 atom stereocenters. The van der Waals surface area contributed by atoms with Gasteiger partial charge in [-0.15, -0.1) is 11.3 Å². The van der Waals surface area contributed by atoms with E-state index in [1.165, 1.54) is 23.5 Å². The van der Waals surface area contributed by atoms with Crippen molar-refractivity contribution in [1.29, 1.82) is 0 Å². The van der Waals surface area contributed by atoms with E-state index in [0.29, 0.717) is 5.01 Å². The number of hydrogen-bond donors (Lipinski definition) is 1. The van der Waals surface area contributed by atoms with Gasteiger partial charge in [-0.3, -0.25) is 0 Å². The maximum atomic E-state index is 13.1. The summed E-state index contributed by atoms with van der Waals surface area (Å²) in [5, 5.41) is 5.50. The third-order valence-corrected chi connectivity index (χ3v) is 4.17. The molecule has 1 aromatic heterocycles. The Morgan fingerprint density at radius 3 is 2.38 bits per heavy atom. The molecular weight excluding hydrogens is 297 g/mol. The standard InChI is InChI=1S/C15H17F3N2S/c1-9(2)12-8-21-14(20-12)13(19-3)10-6-4-5-7-11(10)15(16,17)18/h4-9,13,19H,1-3H3. The van der Waals surface area contributed by atoms with E-state index in [-0.39, 0.29) is 11.5 Å². The van der Waals surface area contributed by atoms with Gasteiger partial charge in [-0.1, -0.05) is 32.0 Å². The van der Waals surface area contributed by atoms with E-state index in [0.717, 1.165) is 11.8 Å². The Balaban J connectivity index is 2.46. The van der Waals surface area contributed by atoms with Crippen LogP contribution < -0.4 is 5.32 Å². The van der Waals surface area contributed by atoms with Crippen molar-refractivity contribution in [2.45, 2.75) is 32.0 Å². The minimum atomic E-state index is -4.37. The van der Waals surface area contributed by atoms with Crippen molar-refractivity contribution in [3.63, 3.8) is 0 Å². The molecule has 0 radical (unpaired) electrons. The second-order valence-electron chi connectivity index (χ2n) is 5.07. The van der Waals surface area contributed by atoms with Gasteiger partial charge in [0.1, 0.15) is 5.01 Å². The molecular formula is C15H17F3N2S. The molecule has 1 unspecified atom stereocenters. The van der Waals surface area contributed by atoms with Crippen molar-refractivity contribution in [2.75, 3.05) is 7.05 Å². The number of alkyl halides is 3. The third kappa shape index (κ3) is 3.44. The minimum Gasteiger partial charge on any atom is -0.307 e. The van der Waals surface area contributed by atoms with Crippen LogP contribution in [0.3, 0.4) is 0 Å². The first-order valence-electron chi connectivity index (χ1n) is 6.63. The van der Waals surface area contributed by atoms with Gasteiger partial charge in [-0.2, -0.15) is 13.2 Å². The van der Waals surface area contributed by atoms with Crippen molar-refractivity contribution in [3.8, 4) is 0 Å². The smallest absolute Gasteiger partial charge is 0.307 e. The molecule has 2 aromatic rings. The maximum Gasteiger partial charge on any atom is 0.416 e. The monoisotopic (exact) mass is 314 g/mol. The van der Waals surface area contributed by atoms with Crippen molar-refractivity contribution < 1.29 is 13.2 Å². The number of benzene rings is 1. The van der Waals surface area contributed by atoms with Gasteiger partial charge in [0.25, 0.3) is 0 Å². The fourth-order valence-corrected chi connectivity index (χ4v) is 3.22. The zero-order chi connectivity index (χ0) is 15.6. The van der Waals surface area contributed by atoms with Gasteiger partial charge in [0.2, 0.25) is 0 Å². The van der Waals surface area contributed by atoms with E-state index in [9.17, 15) is 13.2 Å². The molecule has 0 aliphatic carbocycles. The molecule has 6 heteroatoms. The molecule has 1 N–H and O–H groups in total. The summed E-state index contributed by atoms with van der Waals surface area (Å²) in [6, 6.07) is 5.07. The second-order valence-corrected chi connectivity index (χ2v) is 5.96. The molecule has 0 aliphatic rings. The average molecular weight is 314 g/mol. The number of nitrogens with one attached hydrogen (secondary N) is 1. The van der Waals surface area contributed by atoms with Crippen molar-refractivity contribution in [1.82, 2.24) is 10.3 Å². The molecule has 0 spiro atoms. The Labute approximate surface area is 126 Å². The molecule has 1 aromatic carbocycles. The first-order chi connectivity index (χ1) is 9.84. The first kappa shape index (κ1) is 16.0. The topological polar surface area (TPSA) is 24.9 Å². The summed E-state index contributed by atoms with van der Waals surface area (Å²) in [5.41, 5.74) is 0.488. The molecule has 2 nitrogen and oxygen atoms in total. The molecule has 0 fully saturated rings. The van der Waals surface area contributed by atoms with Crippen LogP contribution in [0.2, 0.25) is 0 Å². The first-order valence-corrected chi connectivity index (χ1v) is 7.51. The summed E-state index contributed by atoms with van der Waals surface area (Å²) in [6.07, 6.45) is -4.37. The maximum absolute atomic E-state index is 13.1. The Hall–Kier alpha value is -1.40. The van der Waals surface area contributed by atoms with E-state index in [1.54, 1.807) is 13.1 Å². The van der Waals surface area contributed by atoms with Crippen LogP contribution in [-0.2, 0) is 6.18 Å². The summed E-state index contributed by atoms with van der Waals surface area (Å²) < 4.78 is 39.4. The fourth-order valence-electron chi connectivity index (χ4n) is 2.12. The average Bonchev–Trinajstić information content (AvgIpc) is 2.89. The highest BCUT2D eigenvalue weighted by atomic mass is 32.1. The van der Waals surface area contributed by atoms with Crippen LogP contribution in [0.5, 0.6) is 0 Å².